The summed E-state index contributed by atoms with van der Waals surface area (Å²) in [5, 5.41) is 18.1. The van der Waals surface area contributed by atoms with E-state index in [-0.39, 0.29) is 35.9 Å². The van der Waals surface area contributed by atoms with Crippen LogP contribution in [0.5, 0.6) is 6.01 Å². The molecular formula is C32H35FN8O2. The third-order valence-electron chi connectivity index (χ3n) is 8.81. The zero-order valence-corrected chi connectivity index (χ0v) is 24.7. The number of aromatic nitrogens is 4. The Morgan fingerprint density at radius 1 is 1.19 bits per heavy atom. The highest BCUT2D eigenvalue weighted by molar-refractivity contribution is 6.01. The van der Waals surface area contributed by atoms with E-state index in [4.69, 9.17) is 9.72 Å². The van der Waals surface area contributed by atoms with E-state index in [1.165, 1.54) is 6.08 Å². The number of ether oxygens (including phenoxy) is 1. The predicted octanol–water partition coefficient (Wildman–Crippen LogP) is 4.52. The van der Waals surface area contributed by atoms with Crippen LogP contribution in [-0.2, 0) is 4.79 Å². The number of nitriles is 1. The summed E-state index contributed by atoms with van der Waals surface area (Å²) in [5.41, 5.74) is 3.88. The van der Waals surface area contributed by atoms with Gasteiger partial charge in [-0.15, -0.1) is 0 Å². The van der Waals surface area contributed by atoms with Crippen LogP contribution >= 0.6 is 0 Å². The zero-order chi connectivity index (χ0) is 30.2. The van der Waals surface area contributed by atoms with E-state index in [9.17, 15) is 10.1 Å². The molecule has 4 heterocycles. The highest BCUT2D eigenvalue weighted by atomic mass is 19.1. The van der Waals surface area contributed by atoms with E-state index in [0.717, 1.165) is 47.0 Å². The van der Waals surface area contributed by atoms with Crippen molar-refractivity contribution in [3.8, 4) is 23.2 Å². The maximum absolute atomic E-state index is 16.9. The van der Waals surface area contributed by atoms with Gasteiger partial charge in [0.05, 0.1) is 30.2 Å². The molecule has 222 valence electrons. The molecule has 0 spiro atoms. The van der Waals surface area contributed by atoms with Gasteiger partial charge in [0, 0.05) is 42.0 Å². The summed E-state index contributed by atoms with van der Waals surface area (Å²) >= 11 is 0. The van der Waals surface area contributed by atoms with Gasteiger partial charge in [0.25, 0.3) is 0 Å². The number of likely N-dealkylation sites (N-methyl/N-ethyl adjacent to an activating group) is 1. The number of carbonyl (C=O) groups is 1. The lowest BCUT2D eigenvalue weighted by molar-refractivity contribution is -0.128. The van der Waals surface area contributed by atoms with Gasteiger partial charge in [0.15, 0.2) is 5.82 Å². The number of nitrogens with one attached hydrogen (secondary N) is 1. The average molecular weight is 583 g/mol. The van der Waals surface area contributed by atoms with Crippen LogP contribution in [0.1, 0.15) is 30.4 Å². The summed E-state index contributed by atoms with van der Waals surface area (Å²) in [6.07, 6.45) is 5.26. The van der Waals surface area contributed by atoms with Crippen LogP contribution in [0.3, 0.4) is 0 Å². The van der Waals surface area contributed by atoms with Gasteiger partial charge in [-0.25, -0.2) is 4.39 Å². The van der Waals surface area contributed by atoms with Crippen LogP contribution in [0.4, 0.5) is 10.2 Å². The quantitative estimate of drug-likeness (QED) is 0.317. The minimum atomic E-state index is -0.452. The van der Waals surface area contributed by atoms with Gasteiger partial charge >= 0.3 is 6.01 Å². The Morgan fingerprint density at radius 2 is 2.02 bits per heavy atom. The SMILES string of the molecule is C=CC(=O)N1CCN(c2nc(OC[C@@H]3CCCN3C)nc3c(F)c(-c4c(C)ccc5[nH]ncc45)c(C)cc23)CC1CC#N. The topological polar surface area (TPSA) is 114 Å². The molecule has 43 heavy (non-hydrogen) atoms. The van der Waals surface area contributed by atoms with E-state index in [0.29, 0.717) is 43.0 Å². The molecule has 2 saturated heterocycles. The Labute approximate surface area is 249 Å². The van der Waals surface area contributed by atoms with Crippen molar-refractivity contribution < 1.29 is 13.9 Å². The maximum Gasteiger partial charge on any atom is 0.319 e. The second kappa shape index (κ2) is 11.6. The van der Waals surface area contributed by atoms with Crippen molar-refractivity contribution in [3.63, 3.8) is 0 Å². The third kappa shape index (κ3) is 5.16. The highest BCUT2D eigenvalue weighted by Gasteiger charge is 2.32. The number of anilines is 1. The van der Waals surface area contributed by atoms with Crippen molar-refractivity contribution >= 4 is 33.5 Å². The number of H-pyrrole nitrogens is 1. The highest BCUT2D eigenvalue weighted by Crippen LogP contribution is 2.40. The molecule has 0 bridgehead atoms. The Morgan fingerprint density at radius 3 is 2.77 bits per heavy atom. The second-order valence-electron chi connectivity index (χ2n) is 11.5. The molecule has 0 aliphatic carbocycles. The Hall–Kier alpha value is -4.56. The molecule has 1 amide bonds. The molecule has 10 nitrogen and oxygen atoms in total. The fourth-order valence-electron chi connectivity index (χ4n) is 6.48. The molecule has 1 N–H and O–H groups in total. The number of aryl methyl sites for hydroxylation is 2. The van der Waals surface area contributed by atoms with Gasteiger partial charge in [0.1, 0.15) is 17.9 Å². The number of carbonyl (C=O) groups excluding carboxylic acids is 1. The number of halogens is 1. The average Bonchev–Trinajstić information content (AvgIpc) is 3.65. The number of likely N-dealkylation sites (tertiary alicyclic amines) is 1. The van der Waals surface area contributed by atoms with Gasteiger partial charge in [-0.3, -0.25) is 9.89 Å². The molecule has 2 fully saturated rings. The smallest absolute Gasteiger partial charge is 0.319 e. The van der Waals surface area contributed by atoms with Crippen molar-refractivity contribution in [3.05, 3.63) is 54.0 Å². The first kappa shape index (κ1) is 28.6. The Bertz CT molecular complexity index is 1760. The van der Waals surface area contributed by atoms with Crippen molar-refractivity contribution in [2.45, 2.75) is 45.2 Å². The van der Waals surface area contributed by atoms with E-state index < -0.39 is 5.82 Å². The minimum Gasteiger partial charge on any atom is -0.462 e. The Kier molecular flexibility index (Phi) is 7.71. The number of rotatable bonds is 7. The number of nitrogens with zero attached hydrogens (tertiary/aromatic N) is 7. The van der Waals surface area contributed by atoms with E-state index >= 15 is 4.39 Å². The van der Waals surface area contributed by atoms with Crippen molar-refractivity contribution in [1.82, 2.24) is 30.0 Å². The lowest BCUT2D eigenvalue weighted by atomic mass is 9.92. The molecule has 11 heteroatoms. The fraction of sp³-hybridized carbons (Fsp3) is 0.406. The lowest BCUT2D eigenvalue weighted by Crippen LogP contribution is -2.55. The van der Waals surface area contributed by atoms with Crippen LogP contribution in [-0.4, -0.2) is 87.8 Å². The molecular weight excluding hydrogens is 547 g/mol. The van der Waals surface area contributed by atoms with Crippen LogP contribution < -0.4 is 9.64 Å². The number of benzene rings is 2. The molecule has 2 aromatic carbocycles. The summed E-state index contributed by atoms with van der Waals surface area (Å²) < 4.78 is 23.0. The molecule has 2 aliphatic heterocycles. The third-order valence-corrected chi connectivity index (χ3v) is 8.81. The van der Waals surface area contributed by atoms with E-state index in [1.807, 2.05) is 36.9 Å². The van der Waals surface area contributed by atoms with Crippen molar-refractivity contribution in [2.24, 2.45) is 0 Å². The standard InChI is InChI=1S/C32H35FN8O2/c1-5-26(42)41-14-13-40(17-21(41)10-11-34)31-23-15-20(3)28(27-19(2)8-9-25-24(27)16-35-38-25)29(33)30(23)36-32(37-31)43-18-22-7-6-12-39(22)4/h5,8-9,15-16,21-22H,1,6-7,10,12-14,17-18H2,2-4H3,(H,35,38)/t21?,22-/m0/s1. The van der Waals surface area contributed by atoms with Crippen LogP contribution in [0, 0.1) is 31.0 Å². The molecule has 1 unspecified atom stereocenters. The van der Waals surface area contributed by atoms with Gasteiger partial charge in [0.2, 0.25) is 5.91 Å². The number of fused-ring (bicyclic) bond motifs is 2. The molecule has 6 rings (SSSR count). The zero-order valence-electron chi connectivity index (χ0n) is 24.7. The van der Waals surface area contributed by atoms with Crippen LogP contribution in [0.15, 0.2) is 37.1 Å². The van der Waals surface area contributed by atoms with E-state index in [2.05, 4.69) is 39.8 Å². The molecule has 0 radical (unpaired) electrons. The number of amides is 1. The monoisotopic (exact) mass is 582 g/mol. The first-order valence-electron chi connectivity index (χ1n) is 14.6. The van der Waals surface area contributed by atoms with Gasteiger partial charge in [-0.1, -0.05) is 12.6 Å². The second-order valence-corrected chi connectivity index (χ2v) is 11.5. The molecule has 4 aromatic rings. The minimum absolute atomic E-state index is 0.108. The van der Waals surface area contributed by atoms with Crippen molar-refractivity contribution in [2.75, 3.05) is 44.7 Å². The normalized spacial score (nSPS) is 19.2. The van der Waals surface area contributed by atoms with Gasteiger partial charge in [-0.2, -0.15) is 20.3 Å². The summed E-state index contributed by atoms with van der Waals surface area (Å²) in [6.45, 7) is 10.1. The summed E-state index contributed by atoms with van der Waals surface area (Å²) in [5.74, 6) is -0.139. The maximum atomic E-state index is 16.9. The first-order chi connectivity index (χ1) is 20.8. The van der Waals surface area contributed by atoms with Crippen LogP contribution in [0.25, 0.3) is 32.9 Å². The molecule has 2 atom stereocenters. The Balaban J connectivity index is 1.49. The number of aromatic amines is 1. The van der Waals surface area contributed by atoms with Crippen molar-refractivity contribution in [1.29, 1.82) is 5.26 Å². The summed E-state index contributed by atoms with van der Waals surface area (Å²) in [7, 11) is 2.07. The summed E-state index contributed by atoms with van der Waals surface area (Å²) in [6, 6.07) is 8.00. The fourth-order valence-corrected chi connectivity index (χ4v) is 6.48. The number of hydrogen-bond donors (Lipinski definition) is 1. The predicted molar refractivity (Wildman–Crippen MR) is 163 cm³/mol. The molecule has 2 aliphatic rings. The van der Waals surface area contributed by atoms with Gasteiger partial charge < -0.3 is 19.4 Å². The van der Waals surface area contributed by atoms with E-state index in [1.54, 1.807) is 11.1 Å². The van der Waals surface area contributed by atoms with Crippen LogP contribution in [0.2, 0.25) is 0 Å². The first-order valence-corrected chi connectivity index (χ1v) is 14.6. The molecule has 0 saturated carbocycles. The number of hydrogen-bond acceptors (Lipinski definition) is 8. The summed E-state index contributed by atoms with van der Waals surface area (Å²) in [4.78, 5) is 27.9. The lowest BCUT2D eigenvalue weighted by Gasteiger charge is -2.41. The number of piperazine rings is 1. The van der Waals surface area contributed by atoms with Gasteiger partial charge in [-0.05, 0) is 75.2 Å². The largest absolute Gasteiger partial charge is 0.462 e. The molecule has 2 aromatic heterocycles.